The summed E-state index contributed by atoms with van der Waals surface area (Å²) in [5.41, 5.74) is 0. The second-order valence-corrected chi connectivity index (χ2v) is 7.99. The fraction of sp³-hybridized carbons (Fsp3) is 0.900. The highest BCUT2D eigenvalue weighted by Crippen LogP contribution is 2.35. The van der Waals surface area contributed by atoms with Gasteiger partial charge in [-0.05, 0) is 63.7 Å². The number of carbonyl (C=O) groups excluding carboxylic acids is 2. The molecule has 4 heteroatoms. The Labute approximate surface area is 146 Å². The van der Waals surface area contributed by atoms with E-state index in [0.717, 1.165) is 51.2 Å². The Morgan fingerprint density at radius 3 is 2.17 bits per heavy atom. The van der Waals surface area contributed by atoms with Crippen LogP contribution in [0, 0.1) is 5.92 Å². The van der Waals surface area contributed by atoms with Gasteiger partial charge in [-0.3, -0.25) is 9.59 Å². The van der Waals surface area contributed by atoms with Gasteiger partial charge in [0, 0.05) is 38.5 Å². The Bertz CT molecular complexity index is 429. The standard InChI is InChI=1S/C20H34N2O2/c23-19(21-14-6-1-7-15-21)12-4-5-13-20(24)22-16-8-10-17-9-2-3-11-18(17)22/h17-18H,1-16H2. The van der Waals surface area contributed by atoms with Crippen molar-refractivity contribution in [1.82, 2.24) is 9.80 Å². The second kappa shape index (κ2) is 8.87. The summed E-state index contributed by atoms with van der Waals surface area (Å²) in [6.45, 7) is 2.84. The van der Waals surface area contributed by atoms with Crippen LogP contribution < -0.4 is 0 Å². The number of hydrogen-bond donors (Lipinski definition) is 0. The Kier molecular flexibility index (Phi) is 6.56. The van der Waals surface area contributed by atoms with Crippen LogP contribution in [0.3, 0.4) is 0 Å². The summed E-state index contributed by atoms with van der Waals surface area (Å²) in [6.07, 6.45) is 14.2. The van der Waals surface area contributed by atoms with Gasteiger partial charge in [0.2, 0.25) is 11.8 Å². The third-order valence-electron chi connectivity index (χ3n) is 6.30. The first kappa shape index (κ1) is 17.8. The number of hydrogen-bond acceptors (Lipinski definition) is 2. The van der Waals surface area contributed by atoms with Gasteiger partial charge in [0.05, 0.1) is 0 Å². The lowest BCUT2D eigenvalue weighted by Crippen LogP contribution is -2.49. The number of carbonyl (C=O) groups is 2. The molecule has 2 aliphatic heterocycles. The zero-order valence-electron chi connectivity index (χ0n) is 15.2. The van der Waals surface area contributed by atoms with E-state index < -0.39 is 0 Å². The lowest BCUT2D eigenvalue weighted by Gasteiger charge is -2.44. The van der Waals surface area contributed by atoms with E-state index >= 15 is 0 Å². The molecule has 2 heterocycles. The van der Waals surface area contributed by atoms with Gasteiger partial charge >= 0.3 is 0 Å². The monoisotopic (exact) mass is 334 g/mol. The Balaban J connectivity index is 1.36. The van der Waals surface area contributed by atoms with Gasteiger partial charge in [-0.15, -0.1) is 0 Å². The summed E-state index contributed by atoms with van der Waals surface area (Å²) in [5, 5.41) is 0. The van der Waals surface area contributed by atoms with E-state index in [9.17, 15) is 9.59 Å². The maximum atomic E-state index is 12.6. The molecule has 0 radical (unpaired) electrons. The van der Waals surface area contributed by atoms with Gasteiger partial charge in [0.1, 0.15) is 0 Å². The zero-order valence-corrected chi connectivity index (χ0v) is 15.2. The normalized spacial score (nSPS) is 27.7. The van der Waals surface area contributed by atoms with Crippen LogP contribution in [0.15, 0.2) is 0 Å². The van der Waals surface area contributed by atoms with Crippen molar-refractivity contribution in [3.63, 3.8) is 0 Å². The molecule has 2 saturated heterocycles. The van der Waals surface area contributed by atoms with Crippen LogP contribution in [0.1, 0.15) is 83.5 Å². The van der Waals surface area contributed by atoms with Crippen molar-refractivity contribution < 1.29 is 9.59 Å². The van der Waals surface area contributed by atoms with E-state index in [4.69, 9.17) is 0 Å². The van der Waals surface area contributed by atoms with Crippen LogP contribution in [0.2, 0.25) is 0 Å². The molecule has 0 aromatic carbocycles. The van der Waals surface area contributed by atoms with Crippen LogP contribution in [0.25, 0.3) is 0 Å². The van der Waals surface area contributed by atoms with Crippen molar-refractivity contribution >= 4 is 11.8 Å². The van der Waals surface area contributed by atoms with Crippen molar-refractivity contribution in [3.8, 4) is 0 Å². The lowest BCUT2D eigenvalue weighted by atomic mass is 9.78. The maximum Gasteiger partial charge on any atom is 0.222 e. The molecular weight excluding hydrogens is 300 g/mol. The van der Waals surface area contributed by atoms with E-state index in [0.29, 0.717) is 30.7 Å². The van der Waals surface area contributed by atoms with Crippen molar-refractivity contribution in [2.24, 2.45) is 5.92 Å². The molecule has 24 heavy (non-hydrogen) atoms. The zero-order chi connectivity index (χ0) is 16.8. The second-order valence-electron chi connectivity index (χ2n) is 7.99. The van der Waals surface area contributed by atoms with Crippen LogP contribution in [-0.4, -0.2) is 47.3 Å². The van der Waals surface area contributed by atoms with Gasteiger partial charge < -0.3 is 9.80 Å². The van der Waals surface area contributed by atoms with Gasteiger partial charge in [-0.25, -0.2) is 0 Å². The SMILES string of the molecule is O=C(CCCCC(=O)N1CCCC2CCCCC21)N1CCCCC1. The summed E-state index contributed by atoms with van der Waals surface area (Å²) in [6, 6.07) is 0.523. The van der Waals surface area contributed by atoms with Gasteiger partial charge in [-0.2, -0.15) is 0 Å². The smallest absolute Gasteiger partial charge is 0.222 e. The molecule has 0 N–H and O–H groups in total. The Hall–Kier alpha value is -1.06. The lowest BCUT2D eigenvalue weighted by molar-refractivity contribution is -0.138. The molecular formula is C20H34N2O2. The molecule has 2 unspecified atom stereocenters. The molecule has 0 spiro atoms. The molecule has 136 valence electrons. The third-order valence-corrected chi connectivity index (χ3v) is 6.30. The number of nitrogens with zero attached hydrogens (tertiary/aromatic N) is 2. The number of amides is 2. The average Bonchev–Trinajstić information content (AvgIpc) is 2.65. The highest BCUT2D eigenvalue weighted by molar-refractivity contribution is 5.77. The fourth-order valence-electron chi connectivity index (χ4n) is 4.93. The van der Waals surface area contributed by atoms with E-state index in [1.54, 1.807) is 0 Å². The van der Waals surface area contributed by atoms with Crippen molar-refractivity contribution in [2.45, 2.75) is 89.5 Å². The number of unbranched alkanes of at least 4 members (excludes halogenated alkanes) is 1. The number of likely N-dealkylation sites (tertiary alicyclic amines) is 2. The minimum absolute atomic E-state index is 0.299. The minimum Gasteiger partial charge on any atom is -0.343 e. The molecule has 0 aromatic heterocycles. The summed E-state index contributed by atoms with van der Waals surface area (Å²) in [7, 11) is 0. The van der Waals surface area contributed by atoms with Crippen LogP contribution in [-0.2, 0) is 9.59 Å². The van der Waals surface area contributed by atoms with Crippen molar-refractivity contribution in [3.05, 3.63) is 0 Å². The molecule has 0 bridgehead atoms. The maximum absolute atomic E-state index is 12.6. The Morgan fingerprint density at radius 2 is 1.38 bits per heavy atom. The summed E-state index contributed by atoms with van der Waals surface area (Å²) < 4.78 is 0. The van der Waals surface area contributed by atoms with Gasteiger partial charge in [0.15, 0.2) is 0 Å². The first-order valence-corrected chi connectivity index (χ1v) is 10.3. The third kappa shape index (κ3) is 4.52. The molecule has 3 aliphatic rings. The van der Waals surface area contributed by atoms with E-state index in [1.807, 2.05) is 4.90 Å². The molecule has 2 amide bonds. The molecule has 4 nitrogen and oxygen atoms in total. The summed E-state index contributed by atoms with van der Waals surface area (Å²) in [4.78, 5) is 29.0. The van der Waals surface area contributed by atoms with Crippen LogP contribution in [0.5, 0.6) is 0 Å². The number of rotatable bonds is 5. The van der Waals surface area contributed by atoms with Gasteiger partial charge in [0.25, 0.3) is 0 Å². The van der Waals surface area contributed by atoms with Crippen molar-refractivity contribution in [2.75, 3.05) is 19.6 Å². The van der Waals surface area contributed by atoms with E-state index in [2.05, 4.69) is 4.90 Å². The van der Waals surface area contributed by atoms with Gasteiger partial charge in [-0.1, -0.05) is 12.8 Å². The number of piperidine rings is 2. The molecule has 3 rings (SSSR count). The molecule has 3 fully saturated rings. The first-order valence-electron chi connectivity index (χ1n) is 10.3. The highest BCUT2D eigenvalue weighted by atomic mass is 16.2. The van der Waals surface area contributed by atoms with E-state index in [1.165, 1.54) is 44.9 Å². The molecule has 1 aliphatic carbocycles. The predicted molar refractivity (Wildman–Crippen MR) is 95.6 cm³/mol. The van der Waals surface area contributed by atoms with Crippen LogP contribution in [0.4, 0.5) is 0 Å². The Morgan fingerprint density at radius 1 is 0.708 bits per heavy atom. The fourth-order valence-corrected chi connectivity index (χ4v) is 4.93. The topological polar surface area (TPSA) is 40.6 Å². The number of fused-ring (bicyclic) bond motifs is 1. The summed E-state index contributed by atoms with van der Waals surface area (Å²) >= 11 is 0. The minimum atomic E-state index is 0.299. The largest absolute Gasteiger partial charge is 0.343 e. The first-order chi connectivity index (χ1) is 11.8. The van der Waals surface area contributed by atoms with Crippen LogP contribution >= 0.6 is 0 Å². The quantitative estimate of drug-likeness (QED) is 0.719. The van der Waals surface area contributed by atoms with Crippen molar-refractivity contribution in [1.29, 1.82) is 0 Å². The molecule has 2 atom stereocenters. The summed E-state index contributed by atoms with van der Waals surface area (Å²) in [5.74, 6) is 1.40. The molecule has 0 aromatic rings. The van der Waals surface area contributed by atoms with E-state index in [-0.39, 0.29) is 0 Å². The predicted octanol–water partition coefficient (Wildman–Crippen LogP) is 3.74. The average molecular weight is 335 g/mol. The molecule has 1 saturated carbocycles. The highest BCUT2D eigenvalue weighted by Gasteiger charge is 2.35.